The number of hydrogen-bond donors (Lipinski definition) is 1. The highest BCUT2D eigenvalue weighted by Gasteiger charge is 2.17. The zero-order valence-corrected chi connectivity index (χ0v) is 14.7. The molecule has 0 bridgehead atoms. The summed E-state index contributed by atoms with van der Waals surface area (Å²) >= 11 is 1.66. The van der Waals surface area contributed by atoms with Gasteiger partial charge in [-0.05, 0) is 42.3 Å². The van der Waals surface area contributed by atoms with Gasteiger partial charge in [0.25, 0.3) is 0 Å². The van der Waals surface area contributed by atoms with Crippen molar-refractivity contribution in [3.63, 3.8) is 0 Å². The molecule has 0 aliphatic carbocycles. The van der Waals surface area contributed by atoms with Gasteiger partial charge in [-0.3, -0.25) is 0 Å². The molecule has 0 spiro atoms. The highest BCUT2D eigenvalue weighted by atomic mass is 32.1. The van der Waals surface area contributed by atoms with E-state index in [0.717, 1.165) is 33.9 Å². The lowest BCUT2D eigenvalue weighted by Crippen LogP contribution is -2.07. The predicted octanol–water partition coefficient (Wildman–Crippen LogP) is 4.05. The molecule has 0 atom stereocenters. The van der Waals surface area contributed by atoms with Crippen molar-refractivity contribution < 1.29 is 4.42 Å². The summed E-state index contributed by atoms with van der Waals surface area (Å²) in [6, 6.07) is 3.81. The molecule has 0 radical (unpaired) electrons. The Morgan fingerprint density at radius 3 is 2.96 bits per heavy atom. The molecule has 0 unspecified atom stereocenters. The summed E-state index contributed by atoms with van der Waals surface area (Å²) in [6.07, 6.45) is 2.68. The molecule has 0 aromatic carbocycles. The van der Waals surface area contributed by atoms with Crippen molar-refractivity contribution in [1.82, 2.24) is 19.6 Å². The van der Waals surface area contributed by atoms with E-state index >= 15 is 0 Å². The molecule has 0 saturated heterocycles. The van der Waals surface area contributed by atoms with Gasteiger partial charge in [-0.25, -0.2) is 9.97 Å². The molecule has 0 saturated carbocycles. The maximum absolute atomic E-state index is 5.37. The fraction of sp³-hybridized carbons (Fsp3) is 0.353. The first-order chi connectivity index (χ1) is 11.6. The number of thiophene rings is 1. The Bertz CT molecular complexity index is 984. The van der Waals surface area contributed by atoms with E-state index < -0.39 is 0 Å². The molecule has 0 aliphatic rings. The third kappa shape index (κ3) is 2.65. The second-order valence-electron chi connectivity index (χ2n) is 6.30. The molecule has 6 nitrogen and oxygen atoms in total. The van der Waals surface area contributed by atoms with Gasteiger partial charge < -0.3 is 9.73 Å². The van der Waals surface area contributed by atoms with Crippen molar-refractivity contribution in [3.8, 4) is 0 Å². The molecule has 24 heavy (non-hydrogen) atoms. The van der Waals surface area contributed by atoms with Gasteiger partial charge >= 0.3 is 0 Å². The predicted molar refractivity (Wildman–Crippen MR) is 95.5 cm³/mol. The van der Waals surface area contributed by atoms with Crippen molar-refractivity contribution in [2.24, 2.45) is 5.92 Å². The summed E-state index contributed by atoms with van der Waals surface area (Å²) in [5.41, 5.74) is 2.17. The summed E-state index contributed by atoms with van der Waals surface area (Å²) in [6.45, 7) is 6.92. The van der Waals surface area contributed by atoms with Crippen molar-refractivity contribution in [3.05, 3.63) is 40.9 Å². The minimum absolute atomic E-state index is 0.559. The fourth-order valence-corrected chi connectivity index (χ4v) is 3.80. The smallest absolute Gasteiger partial charge is 0.227 e. The first kappa shape index (κ1) is 15.1. The Morgan fingerprint density at radius 2 is 2.21 bits per heavy atom. The van der Waals surface area contributed by atoms with Gasteiger partial charge in [-0.1, -0.05) is 13.8 Å². The monoisotopic (exact) mass is 341 g/mol. The summed E-state index contributed by atoms with van der Waals surface area (Å²) in [4.78, 5) is 10.4. The molecule has 0 aliphatic heterocycles. The average Bonchev–Trinajstić information content (AvgIpc) is 3.23. The van der Waals surface area contributed by atoms with Gasteiger partial charge in [-0.2, -0.15) is 4.52 Å². The maximum Gasteiger partial charge on any atom is 0.227 e. The molecule has 1 N–H and O–H groups in total. The number of aromatic nitrogens is 4. The van der Waals surface area contributed by atoms with Crippen LogP contribution in [0.4, 0.5) is 5.95 Å². The second-order valence-corrected chi connectivity index (χ2v) is 7.16. The standard InChI is InChI=1S/C17H19N5OS/c1-10(2)7-12-9-24-16-14(12)15-19-11(3)21-22(15)17(20-16)18-8-13-5-4-6-23-13/h4-6,9-10H,7-8H2,1-3H3,(H,18,20). The summed E-state index contributed by atoms with van der Waals surface area (Å²) in [5, 5.41) is 11.1. The van der Waals surface area contributed by atoms with Gasteiger partial charge in [0.05, 0.1) is 18.2 Å². The van der Waals surface area contributed by atoms with Crippen LogP contribution in [0.15, 0.2) is 28.2 Å². The number of fused-ring (bicyclic) bond motifs is 3. The number of furan rings is 1. The molecule has 4 rings (SSSR count). The van der Waals surface area contributed by atoms with E-state index in [1.165, 1.54) is 5.56 Å². The summed E-state index contributed by atoms with van der Waals surface area (Å²) in [5.74, 6) is 2.87. The Hall–Kier alpha value is -2.41. The lowest BCUT2D eigenvalue weighted by atomic mass is 10.0. The Labute approximate surface area is 143 Å². The molecule has 4 aromatic heterocycles. The molecule has 7 heteroatoms. The van der Waals surface area contributed by atoms with E-state index in [1.807, 2.05) is 19.1 Å². The molecule has 4 heterocycles. The van der Waals surface area contributed by atoms with Crippen LogP contribution in [0.2, 0.25) is 0 Å². The van der Waals surface area contributed by atoms with E-state index in [-0.39, 0.29) is 0 Å². The Balaban J connectivity index is 1.82. The van der Waals surface area contributed by atoms with Crippen molar-refractivity contribution in [2.45, 2.75) is 33.7 Å². The van der Waals surface area contributed by atoms with Crippen molar-refractivity contribution >= 4 is 33.1 Å². The van der Waals surface area contributed by atoms with Crippen LogP contribution >= 0.6 is 11.3 Å². The fourth-order valence-electron chi connectivity index (χ4n) is 2.86. The number of nitrogens with one attached hydrogen (secondary N) is 1. The van der Waals surface area contributed by atoms with Gasteiger partial charge in [0.2, 0.25) is 5.95 Å². The highest BCUT2D eigenvalue weighted by molar-refractivity contribution is 7.17. The largest absolute Gasteiger partial charge is 0.467 e. The summed E-state index contributed by atoms with van der Waals surface area (Å²) in [7, 11) is 0. The van der Waals surface area contributed by atoms with Crippen LogP contribution in [0.5, 0.6) is 0 Å². The number of anilines is 1. The first-order valence-corrected chi connectivity index (χ1v) is 8.89. The van der Waals surface area contributed by atoms with Crippen LogP contribution in [0.25, 0.3) is 15.9 Å². The Kier molecular flexibility index (Phi) is 3.72. The third-order valence-electron chi connectivity index (χ3n) is 3.82. The molecule has 124 valence electrons. The van der Waals surface area contributed by atoms with Gasteiger partial charge in [0, 0.05) is 0 Å². The third-order valence-corrected chi connectivity index (χ3v) is 4.74. The van der Waals surface area contributed by atoms with Gasteiger partial charge in [-0.15, -0.1) is 16.4 Å². The van der Waals surface area contributed by atoms with Crippen LogP contribution in [0, 0.1) is 12.8 Å². The minimum atomic E-state index is 0.559. The normalized spacial score (nSPS) is 11.8. The van der Waals surface area contributed by atoms with E-state index in [4.69, 9.17) is 9.40 Å². The molecule has 0 fully saturated rings. The maximum atomic E-state index is 5.37. The number of rotatable bonds is 5. The number of hydrogen-bond acceptors (Lipinski definition) is 6. The lowest BCUT2D eigenvalue weighted by Gasteiger charge is -2.08. The zero-order valence-electron chi connectivity index (χ0n) is 13.9. The quantitative estimate of drug-likeness (QED) is 0.593. The van der Waals surface area contributed by atoms with Crippen LogP contribution in [0.1, 0.15) is 31.0 Å². The van der Waals surface area contributed by atoms with Crippen molar-refractivity contribution in [2.75, 3.05) is 5.32 Å². The van der Waals surface area contributed by atoms with E-state index in [2.05, 4.69) is 34.6 Å². The van der Waals surface area contributed by atoms with Crippen LogP contribution in [0.3, 0.4) is 0 Å². The zero-order chi connectivity index (χ0) is 16.7. The Morgan fingerprint density at radius 1 is 1.33 bits per heavy atom. The second kappa shape index (κ2) is 5.90. The summed E-state index contributed by atoms with van der Waals surface area (Å²) < 4.78 is 7.18. The minimum Gasteiger partial charge on any atom is -0.467 e. The van der Waals surface area contributed by atoms with Crippen LogP contribution in [-0.2, 0) is 13.0 Å². The van der Waals surface area contributed by atoms with E-state index in [1.54, 1.807) is 22.1 Å². The van der Waals surface area contributed by atoms with Crippen molar-refractivity contribution in [1.29, 1.82) is 0 Å². The van der Waals surface area contributed by atoms with Crippen LogP contribution in [-0.4, -0.2) is 19.6 Å². The number of nitrogens with zero attached hydrogens (tertiary/aromatic N) is 4. The van der Waals surface area contributed by atoms with Gasteiger partial charge in [0.1, 0.15) is 16.4 Å². The van der Waals surface area contributed by atoms with E-state index in [0.29, 0.717) is 18.4 Å². The topological polar surface area (TPSA) is 68.2 Å². The molecule has 0 amide bonds. The molecular weight excluding hydrogens is 322 g/mol. The SMILES string of the molecule is Cc1nc2c3c(CC(C)C)csc3nc(NCc3ccco3)n2n1. The van der Waals surface area contributed by atoms with E-state index in [9.17, 15) is 0 Å². The molecule has 4 aromatic rings. The first-order valence-electron chi connectivity index (χ1n) is 8.01. The van der Waals surface area contributed by atoms with Crippen LogP contribution < -0.4 is 5.32 Å². The number of aryl methyl sites for hydroxylation is 1. The highest BCUT2D eigenvalue weighted by Crippen LogP contribution is 2.31. The van der Waals surface area contributed by atoms with Gasteiger partial charge in [0.15, 0.2) is 5.65 Å². The molecular formula is C17H19N5OS. The lowest BCUT2D eigenvalue weighted by molar-refractivity contribution is 0.517. The average molecular weight is 341 g/mol.